The van der Waals surface area contributed by atoms with E-state index in [-0.39, 0.29) is 12.1 Å². The second-order valence-corrected chi connectivity index (χ2v) is 6.52. The zero-order chi connectivity index (χ0) is 18.0. The molecule has 3 rings (SSSR count). The Morgan fingerprint density at radius 2 is 1.88 bits per heavy atom. The first kappa shape index (κ1) is 17.4. The van der Waals surface area contributed by atoms with Crippen molar-refractivity contribution in [1.29, 1.82) is 0 Å². The number of nitrogens with one attached hydrogen (secondary N) is 1. The SMILES string of the molecule is CC[C@@H](N[C@H](C)c1ccc(-n2ccnc2C)cc1)c1c(C)noc1C. The summed E-state index contributed by atoms with van der Waals surface area (Å²) in [5.74, 6) is 1.89. The summed E-state index contributed by atoms with van der Waals surface area (Å²) in [6.45, 7) is 10.4. The number of hydrogen-bond donors (Lipinski definition) is 1. The molecule has 5 nitrogen and oxygen atoms in total. The van der Waals surface area contributed by atoms with Crippen LogP contribution in [-0.2, 0) is 0 Å². The molecule has 0 saturated heterocycles. The minimum Gasteiger partial charge on any atom is -0.361 e. The Morgan fingerprint density at radius 3 is 2.40 bits per heavy atom. The average Bonchev–Trinajstić information content (AvgIpc) is 3.18. The lowest BCUT2D eigenvalue weighted by Crippen LogP contribution is -2.25. The highest BCUT2D eigenvalue weighted by Gasteiger charge is 2.21. The van der Waals surface area contributed by atoms with Crippen molar-refractivity contribution in [2.75, 3.05) is 0 Å². The summed E-state index contributed by atoms with van der Waals surface area (Å²) < 4.78 is 7.42. The largest absolute Gasteiger partial charge is 0.361 e. The number of nitrogens with zero attached hydrogens (tertiary/aromatic N) is 3. The average molecular weight is 338 g/mol. The van der Waals surface area contributed by atoms with Crippen molar-refractivity contribution >= 4 is 0 Å². The van der Waals surface area contributed by atoms with Crippen LogP contribution in [0.2, 0.25) is 0 Å². The molecule has 132 valence electrons. The number of rotatable bonds is 6. The number of imidazole rings is 1. The molecule has 0 bridgehead atoms. The van der Waals surface area contributed by atoms with Gasteiger partial charge in [-0.25, -0.2) is 4.98 Å². The molecule has 0 fully saturated rings. The molecule has 3 aromatic rings. The zero-order valence-corrected chi connectivity index (χ0v) is 15.6. The fraction of sp³-hybridized carbons (Fsp3) is 0.400. The molecule has 0 saturated carbocycles. The van der Waals surface area contributed by atoms with Gasteiger partial charge in [-0.1, -0.05) is 24.2 Å². The highest BCUT2D eigenvalue weighted by Crippen LogP contribution is 2.27. The summed E-state index contributed by atoms with van der Waals surface area (Å²) >= 11 is 0. The topological polar surface area (TPSA) is 55.9 Å². The first-order valence-corrected chi connectivity index (χ1v) is 8.80. The van der Waals surface area contributed by atoms with E-state index in [1.54, 1.807) is 0 Å². The molecular weight excluding hydrogens is 312 g/mol. The van der Waals surface area contributed by atoms with Crippen molar-refractivity contribution in [3.05, 3.63) is 65.1 Å². The third kappa shape index (κ3) is 3.51. The van der Waals surface area contributed by atoms with Gasteiger partial charge in [0.15, 0.2) is 0 Å². The van der Waals surface area contributed by atoms with Crippen molar-refractivity contribution in [3.63, 3.8) is 0 Å². The third-order valence-electron chi connectivity index (χ3n) is 4.79. The van der Waals surface area contributed by atoms with Gasteiger partial charge in [-0.15, -0.1) is 0 Å². The van der Waals surface area contributed by atoms with Gasteiger partial charge in [-0.2, -0.15) is 0 Å². The number of aryl methyl sites for hydroxylation is 3. The smallest absolute Gasteiger partial charge is 0.138 e. The highest BCUT2D eigenvalue weighted by molar-refractivity contribution is 5.37. The quantitative estimate of drug-likeness (QED) is 0.714. The molecule has 0 unspecified atom stereocenters. The zero-order valence-electron chi connectivity index (χ0n) is 15.6. The van der Waals surface area contributed by atoms with E-state index < -0.39 is 0 Å². The summed E-state index contributed by atoms with van der Waals surface area (Å²) in [6.07, 6.45) is 4.79. The molecular formula is C20H26N4O. The molecule has 0 aliphatic heterocycles. The first-order valence-electron chi connectivity index (χ1n) is 8.80. The monoisotopic (exact) mass is 338 g/mol. The molecule has 1 N–H and O–H groups in total. The van der Waals surface area contributed by atoms with Crippen molar-refractivity contribution in [3.8, 4) is 5.69 Å². The molecule has 5 heteroatoms. The fourth-order valence-electron chi connectivity index (χ4n) is 3.37. The number of aromatic nitrogens is 3. The standard InChI is InChI=1S/C20H26N4O/c1-6-19(20-14(3)23-25-15(20)4)22-13(2)17-7-9-18(10-8-17)24-12-11-21-16(24)5/h7-13,19,22H,6H2,1-5H3/t13-,19-/m1/s1. The van der Waals surface area contributed by atoms with E-state index in [1.807, 2.05) is 33.2 Å². The van der Waals surface area contributed by atoms with Gasteiger partial charge in [-0.05, 0) is 51.8 Å². The lowest BCUT2D eigenvalue weighted by Gasteiger charge is -2.23. The molecule has 1 aromatic carbocycles. The van der Waals surface area contributed by atoms with Crippen molar-refractivity contribution in [2.45, 2.75) is 53.1 Å². The second kappa shape index (κ2) is 7.23. The molecule has 0 amide bonds. The lowest BCUT2D eigenvalue weighted by atomic mass is 10.00. The first-order chi connectivity index (χ1) is 12.0. The van der Waals surface area contributed by atoms with Crippen LogP contribution < -0.4 is 5.32 Å². The van der Waals surface area contributed by atoms with Crippen LogP contribution in [0.5, 0.6) is 0 Å². The summed E-state index contributed by atoms with van der Waals surface area (Å²) in [7, 11) is 0. The Kier molecular flexibility index (Phi) is 5.04. The van der Waals surface area contributed by atoms with Gasteiger partial charge in [-0.3, -0.25) is 0 Å². The maximum Gasteiger partial charge on any atom is 0.138 e. The Hall–Kier alpha value is -2.40. The van der Waals surface area contributed by atoms with Crippen LogP contribution in [0.25, 0.3) is 5.69 Å². The van der Waals surface area contributed by atoms with Crippen LogP contribution in [0.1, 0.15) is 60.8 Å². The van der Waals surface area contributed by atoms with E-state index in [1.165, 1.54) is 11.1 Å². The molecule has 0 aliphatic carbocycles. The van der Waals surface area contributed by atoms with Crippen molar-refractivity contribution in [2.24, 2.45) is 0 Å². The van der Waals surface area contributed by atoms with Gasteiger partial charge in [0, 0.05) is 35.7 Å². The third-order valence-corrected chi connectivity index (χ3v) is 4.79. The van der Waals surface area contributed by atoms with E-state index in [9.17, 15) is 0 Å². The van der Waals surface area contributed by atoms with E-state index >= 15 is 0 Å². The molecule has 2 heterocycles. The molecule has 0 spiro atoms. The predicted octanol–water partition coefficient (Wildman–Crippen LogP) is 4.59. The van der Waals surface area contributed by atoms with Crippen LogP contribution in [0.4, 0.5) is 0 Å². The van der Waals surface area contributed by atoms with Crippen molar-refractivity contribution < 1.29 is 4.52 Å². The van der Waals surface area contributed by atoms with Gasteiger partial charge < -0.3 is 14.4 Å². The maximum absolute atomic E-state index is 5.33. The van der Waals surface area contributed by atoms with Crippen molar-refractivity contribution in [1.82, 2.24) is 20.0 Å². The molecule has 2 aromatic heterocycles. The second-order valence-electron chi connectivity index (χ2n) is 6.52. The molecule has 2 atom stereocenters. The Balaban J connectivity index is 1.76. The highest BCUT2D eigenvalue weighted by atomic mass is 16.5. The minimum absolute atomic E-state index is 0.233. The van der Waals surface area contributed by atoms with Crippen LogP contribution in [0, 0.1) is 20.8 Å². The summed E-state index contributed by atoms with van der Waals surface area (Å²) in [6, 6.07) is 9.09. The lowest BCUT2D eigenvalue weighted by molar-refractivity contribution is 0.387. The van der Waals surface area contributed by atoms with Crippen LogP contribution in [0.3, 0.4) is 0 Å². The van der Waals surface area contributed by atoms with E-state index in [4.69, 9.17) is 4.52 Å². The minimum atomic E-state index is 0.233. The van der Waals surface area contributed by atoms with Gasteiger partial charge in [0.25, 0.3) is 0 Å². The van der Waals surface area contributed by atoms with Crippen LogP contribution in [-0.4, -0.2) is 14.7 Å². The summed E-state index contributed by atoms with van der Waals surface area (Å²) in [4.78, 5) is 4.28. The van der Waals surface area contributed by atoms with E-state index in [0.29, 0.717) is 0 Å². The molecule has 25 heavy (non-hydrogen) atoms. The molecule has 0 radical (unpaired) electrons. The summed E-state index contributed by atoms with van der Waals surface area (Å²) in [5.41, 5.74) is 4.53. The fourth-order valence-corrected chi connectivity index (χ4v) is 3.37. The predicted molar refractivity (Wildman–Crippen MR) is 98.9 cm³/mol. The van der Waals surface area contributed by atoms with Gasteiger partial charge in [0.2, 0.25) is 0 Å². The van der Waals surface area contributed by atoms with Gasteiger partial charge in [0.1, 0.15) is 11.6 Å². The number of benzene rings is 1. The van der Waals surface area contributed by atoms with Crippen LogP contribution >= 0.6 is 0 Å². The van der Waals surface area contributed by atoms with Gasteiger partial charge in [0.05, 0.1) is 5.69 Å². The Labute approximate surface area is 149 Å². The normalized spacial score (nSPS) is 13.8. The number of hydrogen-bond acceptors (Lipinski definition) is 4. The summed E-state index contributed by atoms with van der Waals surface area (Å²) in [5, 5.41) is 7.80. The Bertz CT molecular complexity index is 812. The van der Waals surface area contributed by atoms with Crippen LogP contribution in [0.15, 0.2) is 41.2 Å². The Morgan fingerprint density at radius 1 is 1.16 bits per heavy atom. The van der Waals surface area contributed by atoms with Gasteiger partial charge >= 0.3 is 0 Å². The van der Waals surface area contributed by atoms with E-state index in [0.717, 1.165) is 29.4 Å². The maximum atomic E-state index is 5.33. The molecule has 0 aliphatic rings. The van der Waals surface area contributed by atoms with E-state index in [2.05, 4.69) is 58.1 Å².